The van der Waals surface area contributed by atoms with Gasteiger partial charge in [0.05, 0.1) is 24.5 Å². The molecule has 11 heteroatoms. The van der Waals surface area contributed by atoms with Crippen molar-refractivity contribution >= 4 is 11.7 Å². The van der Waals surface area contributed by atoms with Gasteiger partial charge in [0.2, 0.25) is 0 Å². The number of hydrogen-bond acceptors (Lipinski definition) is 8. The van der Waals surface area contributed by atoms with E-state index in [1.165, 1.54) is 16.9 Å². The maximum Gasteiger partial charge on any atom is 0.389 e. The number of hydrogen-bond donors (Lipinski definition) is 1. The van der Waals surface area contributed by atoms with Gasteiger partial charge in [-0.3, -0.25) is 4.79 Å². The zero-order valence-corrected chi connectivity index (χ0v) is 13.7. The Labute approximate surface area is 146 Å². The Morgan fingerprint density at radius 3 is 3.00 bits per heavy atom. The van der Waals surface area contributed by atoms with E-state index < -0.39 is 10.8 Å². The molecule has 3 aromatic rings. The lowest BCUT2D eigenvalue weighted by atomic mass is 10.2. The largest absolute Gasteiger partial charge is 0.497 e. The van der Waals surface area contributed by atoms with Crippen molar-refractivity contribution in [1.29, 1.82) is 0 Å². The highest BCUT2D eigenvalue weighted by Crippen LogP contribution is 2.12. The predicted molar refractivity (Wildman–Crippen MR) is 86.4 cm³/mol. The number of methoxy groups -OCH3 is 1. The minimum atomic E-state index is -0.607. The summed E-state index contributed by atoms with van der Waals surface area (Å²) in [5.41, 5.74) is 0.848. The normalized spacial score (nSPS) is 10.5. The van der Waals surface area contributed by atoms with Crippen LogP contribution in [0.5, 0.6) is 5.75 Å². The van der Waals surface area contributed by atoms with Crippen molar-refractivity contribution in [1.82, 2.24) is 25.2 Å². The van der Waals surface area contributed by atoms with E-state index in [9.17, 15) is 14.9 Å². The number of nitro groups is 1. The molecule has 134 valence electrons. The smallest absolute Gasteiger partial charge is 0.389 e. The molecule has 1 amide bonds. The fourth-order valence-corrected chi connectivity index (χ4v) is 2.13. The van der Waals surface area contributed by atoms with E-state index in [2.05, 4.69) is 20.6 Å². The van der Waals surface area contributed by atoms with Crippen LogP contribution in [-0.4, -0.2) is 37.9 Å². The van der Waals surface area contributed by atoms with Crippen LogP contribution in [0, 0.1) is 10.1 Å². The number of amides is 1. The first-order chi connectivity index (χ1) is 12.5. The fraction of sp³-hybridized carbons (Fsp3) is 0.200. The second-order valence-corrected chi connectivity index (χ2v) is 5.18. The molecule has 0 radical (unpaired) electrons. The van der Waals surface area contributed by atoms with Crippen LogP contribution in [-0.2, 0) is 13.1 Å². The molecule has 0 spiro atoms. The Hall–Kier alpha value is -3.76. The van der Waals surface area contributed by atoms with E-state index in [0.29, 0.717) is 5.75 Å². The van der Waals surface area contributed by atoms with E-state index in [1.54, 1.807) is 19.2 Å². The molecule has 11 nitrogen and oxygen atoms in total. The van der Waals surface area contributed by atoms with Gasteiger partial charge in [0.15, 0.2) is 5.82 Å². The Balaban J connectivity index is 1.59. The molecule has 3 rings (SSSR count). The minimum absolute atomic E-state index is 0.0422. The van der Waals surface area contributed by atoms with Crippen molar-refractivity contribution in [3.05, 3.63) is 63.9 Å². The van der Waals surface area contributed by atoms with Crippen molar-refractivity contribution in [2.75, 3.05) is 7.11 Å². The first kappa shape index (κ1) is 17.1. The number of carbonyl (C=O) groups is 1. The molecule has 1 N–H and O–H groups in total. The van der Waals surface area contributed by atoms with Gasteiger partial charge in [-0.15, -0.1) is 0 Å². The molecule has 0 aliphatic carbocycles. The molecule has 26 heavy (non-hydrogen) atoms. The average Bonchev–Trinajstić information content (AvgIpc) is 3.30. The van der Waals surface area contributed by atoms with Gasteiger partial charge in [-0.1, -0.05) is 17.3 Å². The topological polar surface area (TPSA) is 138 Å². The van der Waals surface area contributed by atoms with Gasteiger partial charge in [0.1, 0.15) is 12.3 Å². The quantitative estimate of drug-likeness (QED) is 0.490. The van der Waals surface area contributed by atoms with Crippen LogP contribution in [0.1, 0.15) is 22.1 Å². The third-order valence-electron chi connectivity index (χ3n) is 3.37. The van der Waals surface area contributed by atoms with Crippen LogP contribution in [0.4, 0.5) is 5.82 Å². The zero-order chi connectivity index (χ0) is 18.5. The number of nitrogens with one attached hydrogen (secondary N) is 1. The summed E-state index contributed by atoms with van der Waals surface area (Å²) in [5, 5.41) is 20.7. The van der Waals surface area contributed by atoms with Crippen LogP contribution in [0.2, 0.25) is 0 Å². The Bertz CT molecular complexity index is 934. The lowest BCUT2D eigenvalue weighted by Gasteiger charge is -2.04. The van der Waals surface area contributed by atoms with E-state index in [4.69, 9.17) is 9.26 Å². The Morgan fingerprint density at radius 2 is 2.27 bits per heavy atom. The number of ether oxygens (including phenoxy) is 1. The molecule has 2 aromatic heterocycles. The molecular formula is C15H14N6O5. The average molecular weight is 358 g/mol. The van der Waals surface area contributed by atoms with E-state index >= 15 is 0 Å². The summed E-state index contributed by atoms with van der Waals surface area (Å²) in [6, 6.07) is 8.50. The van der Waals surface area contributed by atoms with Crippen molar-refractivity contribution in [2.45, 2.75) is 13.1 Å². The first-order valence-corrected chi connectivity index (χ1v) is 7.46. The van der Waals surface area contributed by atoms with Crippen LogP contribution in [0.25, 0.3) is 0 Å². The van der Waals surface area contributed by atoms with Crippen LogP contribution >= 0.6 is 0 Å². The highest BCUT2D eigenvalue weighted by atomic mass is 16.6. The SMILES string of the molecule is COc1cccc(CNC(=O)c2nc(Cn3ccc([N+](=O)[O-])n3)no2)c1. The Kier molecular flexibility index (Phi) is 4.87. The predicted octanol–water partition coefficient (Wildman–Crippen LogP) is 1.16. The molecule has 0 saturated heterocycles. The third kappa shape index (κ3) is 4.01. The summed E-state index contributed by atoms with van der Waals surface area (Å²) < 4.78 is 11.3. The van der Waals surface area contributed by atoms with Gasteiger partial charge in [-0.25, -0.2) is 0 Å². The second kappa shape index (κ2) is 7.42. The van der Waals surface area contributed by atoms with E-state index in [-0.39, 0.29) is 30.6 Å². The molecular weight excluding hydrogens is 344 g/mol. The summed E-state index contributed by atoms with van der Waals surface area (Å²) in [6.07, 6.45) is 1.41. The molecule has 0 aliphatic rings. The van der Waals surface area contributed by atoms with Gasteiger partial charge >= 0.3 is 17.6 Å². The highest BCUT2D eigenvalue weighted by molar-refractivity contribution is 5.89. The van der Waals surface area contributed by atoms with Crippen LogP contribution in [0.3, 0.4) is 0 Å². The number of benzene rings is 1. The minimum Gasteiger partial charge on any atom is -0.497 e. The number of carbonyl (C=O) groups excluding carboxylic acids is 1. The number of rotatable bonds is 7. The van der Waals surface area contributed by atoms with Gasteiger partial charge in [0, 0.05) is 6.54 Å². The molecule has 0 aliphatic heterocycles. The van der Waals surface area contributed by atoms with Gasteiger partial charge in [-0.2, -0.15) is 9.67 Å². The molecule has 0 atom stereocenters. The highest BCUT2D eigenvalue weighted by Gasteiger charge is 2.17. The number of nitrogens with zero attached hydrogens (tertiary/aromatic N) is 5. The summed E-state index contributed by atoms with van der Waals surface area (Å²) in [4.78, 5) is 26.0. The summed E-state index contributed by atoms with van der Waals surface area (Å²) in [6.45, 7) is 0.305. The van der Waals surface area contributed by atoms with Crippen molar-refractivity contribution in [3.8, 4) is 5.75 Å². The molecule has 2 heterocycles. The second-order valence-electron chi connectivity index (χ2n) is 5.18. The standard InChI is InChI=1S/C15H14N6O5/c1-25-11-4-2-3-10(7-11)8-16-14(22)15-17-12(19-26-15)9-20-6-5-13(18-20)21(23)24/h2-7H,8-9H2,1H3,(H,16,22). The lowest BCUT2D eigenvalue weighted by Crippen LogP contribution is -2.23. The van der Waals surface area contributed by atoms with Crippen molar-refractivity contribution in [3.63, 3.8) is 0 Å². The van der Waals surface area contributed by atoms with Gasteiger partial charge in [0.25, 0.3) is 0 Å². The van der Waals surface area contributed by atoms with E-state index in [0.717, 1.165) is 5.56 Å². The molecule has 1 aromatic carbocycles. The van der Waals surface area contributed by atoms with Crippen LogP contribution < -0.4 is 10.1 Å². The summed E-state index contributed by atoms with van der Waals surface area (Å²) in [5.74, 6) is -0.160. The molecule has 0 unspecified atom stereocenters. The zero-order valence-electron chi connectivity index (χ0n) is 13.7. The lowest BCUT2D eigenvalue weighted by molar-refractivity contribution is -0.389. The summed E-state index contributed by atoms with van der Waals surface area (Å²) >= 11 is 0. The molecule has 0 fully saturated rings. The Morgan fingerprint density at radius 1 is 1.42 bits per heavy atom. The molecule has 0 bridgehead atoms. The third-order valence-corrected chi connectivity index (χ3v) is 3.37. The van der Waals surface area contributed by atoms with Crippen molar-refractivity contribution < 1.29 is 19.0 Å². The monoisotopic (exact) mass is 358 g/mol. The number of aromatic nitrogens is 4. The van der Waals surface area contributed by atoms with Crippen molar-refractivity contribution in [2.24, 2.45) is 0 Å². The maximum absolute atomic E-state index is 12.1. The first-order valence-electron chi connectivity index (χ1n) is 7.46. The fourth-order valence-electron chi connectivity index (χ4n) is 2.13. The van der Waals surface area contributed by atoms with Gasteiger partial charge in [-0.05, 0) is 22.6 Å². The maximum atomic E-state index is 12.1. The van der Waals surface area contributed by atoms with Crippen LogP contribution in [0.15, 0.2) is 41.1 Å². The summed E-state index contributed by atoms with van der Waals surface area (Å²) in [7, 11) is 1.56. The molecule has 0 saturated carbocycles. The van der Waals surface area contributed by atoms with E-state index in [1.807, 2.05) is 12.1 Å². The van der Waals surface area contributed by atoms with Gasteiger partial charge < -0.3 is 24.7 Å².